The lowest BCUT2D eigenvalue weighted by molar-refractivity contribution is -0.0517. The minimum Gasteiger partial charge on any atom is -0.741 e. The standard InChI is InChI=1S/C19H14F3S.CHF3O3S/c1-13-16(20)12-17(19(22)18(13)21)23(14-8-4-2-5-9-14)15-10-6-3-7-11-15;2-1(3,4)8(5,6)7/h2-12H,1H3;(H,5,6,7)/q+1;/p-1. The Morgan fingerprint density at radius 3 is 1.55 bits per heavy atom. The molecule has 0 heterocycles. The fraction of sp³-hybridized carbons (Fsp3) is 0.100. The summed E-state index contributed by atoms with van der Waals surface area (Å²) in [5, 5.41) is 0. The Labute approximate surface area is 177 Å². The van der Waals surface area contributed by atoms with Crippen molar-refractivity contribution in [3.05, 3.63) is 89.7 Å². The molecule has 0 saturated heterocycles. The molecule has 3 nitrogen and oxygen atoms in total. The molecule has 0 aliphatic carbocycles. The van der Waals surface area contributed by atoms with Gasteiger partial charge >= 0.3 is 5.51 Å². The maximum atomic E-state index is 14.5. The third kappa shape index (κ3) is 6.02. The Morgan fingerprint density at radius 2 is 1.19 bits per heavy atom. The Balaban J connectivity index is 0.000000366. The van der Waals surface area contributed by atoms with Gasteiger partial charge in [-0.3, -0.25) is 0 Å². The van der Waals surface area contributed by atoms with Gasteiger partial charge in [0.15, 0.2) is 25.7 Å². The highest BCUT2D eigenvalue weighted by Crippen LogP contribution is 2.34. The molecule has 0 fully saturated rings. The summed E-state index contributed by atoms with van der Waals surface area (Å²) >= 11 is 0. The van der Waals surface area contributed by atoms with Gasteiger partial charge in [-0.25, -0.2) is 17.2 Å². The molecule has 0 spiro atoms. The first kappa shape index (κ1) is 24.8. The zero-order valence-electron chi connectivity index (χ0n) is 15.7. The highest BCUT2D eigenvalue weighted by atomic mass is 32.2. The Bertz CT molecular complexity index is 1100. The van der Waals surface area contributed by atoms with E-state index in [2.05, 4.69) is 0 Å². The highest BCUT2D eigenvalue weighted by Gasteiger charge is 2.37. The Hall–Kier alpha value is -2.50. The van der Waals surface area contributed by atoms with E-state index in [0.29, 0.717) is 0 Å². The monoisotopic (exact) mass is 480 g/mol. The van der Waals surface area contributed by atoms with Crippen molar-refractivity contribution >= 4 is 21.0 Å². The van der Waals surface area contributed by atoms with Crippen LogP contribution in [0.1, 0.15) is 5.56 Å². The van der Waals surface area contributed by atoms with Crippen LogP contribution in [0.15, 0.2) is 81.4 Å². The summed E-state index contributed by atoms with van der Waals surface area (Å²) in [5.41, 5.74) is -5.94. The molecule has 0 amide bonds. The van der Waals surface area contributed by atoms with E-state index in [-0.39, 0.29) is 10.5 Å². The number of benzene rings is 3. The lowest BCUT2D eigenvalue weighted by atomic mass is 10.2. The first-order valence-corrected chi connectivity index (χ1v) is 11.0. The quantitative estimate of drug-likeness (QED) is 0.162. The maximum Gasteiger partial charge on any atom is 0.485 e. The van der Waals surface area contributed by atoms with Crippen LogP contribution in [0.3, 0.4) is 0 Å². The third-order valence-electron chi connectivity index (χ3n) is 3.82. The molecule has 3 rings (SSSR count). The van der Waals surface area contributed by atoms with Crippen LogP contribution >= 0.6 is 0 Å². The molecular weight excluding hydrogens is 466 g/mol. The van der Waals surface area contributed by atoms with Crippen LogP contribution < -0.4 is 0 Å². The summed E-state index contributed by atoms with van der Waals surface area (Å²) in [6.45, 7) is 1.24. The van der Waals surface area contributed by atoms with Gasteiger partial charge in [0.1, 0.15) is 16.7 Å². The topological polar surface area (TPSA) is 57.2 Å². The summed E-state index contributed by atoms with van der Waals surface area (Å²) < 4.78 is 101. The van der Waals surface area contributed by atoms with Crippen LogP contribution in [0.25, 0.3) is 0 Å². The summed E-state index contributed by atoms with van der Waals surface area (Å²) in [6.07, 6.45) is 0. The van der Waals surface area contributed by atoms with E-state index in [4.69, 9.17) is 13.0 Å². The molecule has 0 bridgehead atoms. The van der Waals surface area contributed by atoms with Crippen molar-refractivity contribution < 1.29 is 39.3 Å². The Kier molecular flexibility index (Phi) is 7.79. The zero-order chi connectivity index (χ0) is 23.4. The molecule has 0 unspecified atom stereocenters. The normalized spacial score (nSPS) is 11.8. The van der Waals surface area contributed by atoms with Gasteiger partial charge in [0, 0.05) is 11.6 Å². The Morgan fingerprint density at radius 1 is 0.806 bits per heavy atom. The second-order valence-electron chi connectivity index (χ2n) is 5.94. The number of alkyl halides is 3. The van der Waals surface area contributed by atoms with Crippen LogP contribution in [0, 0.1) is 24.4 Å². The maximum absolute atomic E-state index is 14.5. The van der Waals surface area contributed by atoms with Gasteiger partial charge in [0.25, 0.3) is 0 Å². The predicted molar refractivity (Wildman–Crippen MR) is 102 cm³/mol. The zero-order valence-corrected chi connectivity index (χ0v) is 17.3. The van der Waals surface area contributed by atoms with E-state index in [9.17, 15) is 26.3 Å². The van der Waals surface area contributed by atoms with Gasteiger partial charge in [0.2, 0.25) is 10.7 Å². The lowest BCUT2D eigenvalue weighted by Gasteiger charge is -2.10. The van der Waals surface area contributed by atoms with Crippen LogP contribution in [-0.2, 0) is 21.0 Å². The average molecular weight is 480 g/mol. The molecule has 31 heavy (non-hydrogen) atoms. The van der Waals surface area contributed by atoms with E-state index in [1.165, 1.54) is 6.92 Å². The van der Waals surface area contributed by atoms with Gasteiger partial charge in [-0.1, -0.05) is 36.4 Å². The van der Waals surface area contributed by atoms with Crippen molar-refractivity contribution in [2.24, 2.45) is 0 Å². The van der Waals surface area contributed by atoms with Crippen molar-refractivity contribution in [1.29, 1.82) is 0 Å². The largest absolute Gasteiger partial charge is 0.741 e. The molecule has 166 valence electrons. The second-order valence-corrected chi connectivity index (χ2v) is 9.31. The van der Waals surface area contributed by atoms with Gasteiger partial charge in [-0.05, 0) is 31.2 Å². The van der Waals surface area contributed by atoms with Crippen molar-refractivity contribution in [3.8, 4) is 0 Å². The molecule has 0 aromatic heterocycles. The molecule has 0 aliphatic rings. The lowest BCUT2D eigenvalue weighted by Crippen LogP contribution is -2.21. The number of rotatable bonds is 3. The van der Waals surface area contributed by atoms with Gasteiger partial charge < -0.3 is 4.55 Å². The second kappa shape index (κ2) is 9.75. The summed E-state index contributed by atoms with van der Waals surface area (Å²) in [7, 11) is -7.00. The first-order valence-electron chi connectivity index (χ1n) is 8.35. The fourth-order valence-electron chi connectivity index (χ4n) is 2.32. The average Bonchev–Trinajstić information content (AvgIpc) is 2.71. The minimum atomic E-state index is -6.09. The summed E-state index contributed by atoms with van der Waals surface area (Å²) in [5.74, 6) is -2.84. The molecule has 0 N–H and O–H groups in total. The smallest absolute Gasteiger partial charge is 0.485 e. The van der Waals surface area contributed by atoms with Crippen molar-refractivity contribution in [3.63, 3.8) is 0 Å². The fourth-order valence-corrected chi connectivity index (χ4v) is 4.44. The molecule has 0 radical (unpaired) electrons. The van der Waals surface area contributed by atoms with Gasteiger partial charge in [-0.15, -0.1) is 0 Å². The highest BCUT2D eigenvalue weighted by molar-refractivity contribution is 7.97. The van der Waals surface area contributed by atoms with E-state index in [0.717, 1.165) is 15.9 Å². The first-order chi connectivity index (χ1) is 14.3. The molecule has 11 heteroatoms. The molecule has 0 aliphatic heterocycles. The van der Waals surface area contributed by atoms with Crippen molar-refractivity contribution in [2.45, 2.75) is 27.1 Å². The third-order valence-corrected chi connectivity index (χ3v) is 6.61. The van der Waals surface area contributed by atoms with E-state index in [1.54, 1.807) is 0 Å². The molecule has 3 aromatic carbocycles. The van der Waals surface area contributed by atoms with E-state index >= 15 is 0 Å². The van der Waals surface area contributed by atoms with Gasteiger partial charge in [-0.2, -0.15) is 17.6 Å². The summed E-state index contributed by atoms with van der Waals surface area (Å²) in [4.78, 5) is 1.64. The van der Waals surface area contributed by atoms with Crippen LogP contribution in [-0.4, -0.2) is 18.5 Å². The van der Waals surface area contributed by atoms with Crippen LogP contribution in [0.4, 0.5) is 26.3 Å². The van der Waals surface area contributed by atoms with Crippen molar-refractivity contribution in [2.75, 3.05) is 0 Å². The predicted octanol–water partition coefficient (Wildman–Crippen LogP) is 5.56. The number of hydrogen-bond acceptors (Lipinski definition) is 3. The SMILES string of the molecule is Cc1c(F)cc([S+](c2ccccc2)c2ccccc2)c(F)c1F.O=S(=O)([O-])C(F)(F)F. The van der Waals surface area contributed by atoms with Gasteiger partial charge in [0.05, 0.1) is 0 Å². The molecule has 3 aromatic rings. The summed E-state index contributed by atoms with van der Waals surface area (Å²) in [6, 6.07) is 19.5. The molecule has 0 atom stereocenters. The number of hydrogen-bond donors (Lipinski definition) is 0. The minimum absolute atomic E-state index is 0.0306. The van der Waals surface area contributed by atoms with Crippen molar-refractivity contribution in [1.82, 2.24) is 0 Å². The van der Waals surface area contributed by atoms with E-state index < -0.39 is 44.0 Å². The number of halogens is 6. The van der Waals surface area contributed by atoms with E-state index in [1.807, 2.05) is 60.7 Å². The molecule has 0 saturated carbocycles. The molecular formula is C20H14F6O3S2. The van der Waals surface area contributed by atoms with Crippen LogP contribution in [0.5, 0.6) is 0 Å². The van der Waals surface area contributed by atoms with Crippen LogP contribution in [0.2, 0.25) is 0 Å².